The van der Waals surface area contributed by atoms with Gasteiger partial charge in [0.1, 0.15) is 17.3 Å². The quantitative estimate of drug-likeness (QED) is 0.378. The van der Waals surface area contributed by atoms with Crippen LogP contribution in [0.25, 0.3) is 22.8 Å². The third kappa shape index (κ3) is 3.97. The maximum absolute atomic E-state index is 14.6. The SMILES string of the molecule is CC[C@H]1c2cc(-c3c(F)cccc3F)nnc2[C@](C)(c2ccnc(-c3cn(C[C@H](O)CO)nn3)n2)C1(C)C. The van der Waals surface area contributed by atoms with Gasteiger partial charge in [0, 0.05) is 6.20 Å². The summed E-state index contributed by atoms with van der Waals surface area (Å²) in [5.41, 5.74) is 1.58. The minimum atomic E-state index is -0.959. The van der Waals surface area contributed by atoms with Crippen molar-refractivity contribution < 1.29 is 19.0 Å². The van der Waals surface area contributed by atoms with Crippen LogP contribution in [-0.2, 0) is 12.0 Å². The second-order valence-corrected chi connectivity index (χ2v) is 10.4. The molecule has 2 N–H and O–H groups in total. The summed E-state index contributed by atoms with van der Waals surface area (Å²) in [7, 11) is 0. The van der Waals surface area contributed by atoms with Crippen molar-refractivity contribution in [2.75, 3.05) is 6.61 Å². The molecular formula is C27H29F2N7O2. The smallest absolute Gasteiger partial charge is 0.181 e. The Balaban J connectivity index is 1.61. The molecule has 0 radical (unpaired) electrons. The van der Waals surface area contributed by atoms with Crippen molar-refractivity contribution in [3.63, 3.8) is 0 Å². The van der Waals surface area contributed by atoms with E-state index in [-0.39, 0.29) is 35.7 Å². The number of benzene rings is 1. The van der Waals surface area contributed by atoms with E-state index >= 15 is 0 Å². The normalized spacial score (nSPS) is 20.9. The zero-order chi connectivity index (χ0) is 27.2. The van der Waals surface area contributed by atoms with Gasteiger partial charge in [-0.2, -0.15) is 5.10 Å². The van der Waals surface area contributed by atoms with E-state index in [2.05, 4.69) is 53.2 Å². The monoisotopic (exact) mass is 521 g/mol. The van der Waals surface area contributed by atoms with E-state index in [0.717, 1.165) is 12.0 Å². The first-order valence-corrected chi connectivity index (χ1v) is 12.5. The van der Waals surface area contributed by atoms with Gasteiger partial charge in [0.25, 0.3) is 0 Å². The Morgan fingerprint density at radius 2 is 1.79 bits per heavy atom. The zero-order valence-corrected chi connectivity index (χ0v) is 21.6. The van der Waals surface area contributed by atoms with Gasteiger partial charge in [-0.3, -0.25) is 0 Å². The summed E-state index contributed by atoms with van der Waals surface area (Å²) in [6.07, 6.45) is 3.08. The Hall–Kier alpha value is -3.70. The molecule has 1 aliphatic rings. The number of fused-ring (bicyclic) bond motifs is 1. The molecule has 38 heavy (non-hydrogen) atoms. The van der Waals surface area contributed by atoms with E-state index in [1.54, 1.807) is 18.5 Å². The predicted octanol–water partition coefficient (Wildman–Crippen LogP) is 3.66. The number of aliphatic hydroxyl groups excluding tert-OH is 2. The summed E-state index contributed by atoms with van der Waals surface area (Å²) in [5.74, 6) is -1.01. The van der Waals surface area contributed by atoms with Gasteiger partial charge >= 0.3 is 0 Å². The van der Waals surface area contributed by atoms with Gasteiger partial charge in [0.15, 0.2) is 5.82 Å². The molecule has 0 amide bonds. The average Bonchev–Trinajstić information content (AvgIpc) is 3.43. The maximum Gasteiger partial charge on any atom is 0.181 e. The predicted molar refractivity (Wildman–Crippen MR) is 135 cm³/mol. The van der Waals surface area contributed by atoms with Crippen molar-refractivity contribution in [2.45, 2.75) is 58.1 Å². The summed E-state index contributed by atoms with van der Waals surface area (Å²) >= 11 is 0. The topological polar surface area (TPSA) is 123 Å². The molecule has 3 atom stereocenters. The summed E-state index contributed by atoms with van der Waals surface area (Å²) in [4.78, 5) is 9.24. The number of nitrogens with zero attached hydrogens (tertiary/aromatic N) is 7. The van der Waals surface area contributed by atoms with Crippen molar-refractivity contribution in [1.82, 2.24) is 35.2 Å². The summed E-state index contributed by atoms with van der Waals surface area (Å²) in [6, 6.07) is 7.33. The Kier molecular flexibility index (Phi) is 6.52. The number of hydrogen-bond acceptors (Lipinski definition) is 8. The highest BCUT2D eigenvalue weighted by molar-refractivity contribution is 5.63. The van der Waals surface area contributed by atoms with Gasteiger partial charge in [-0.1, -0.05) is 32.1 Å². The standard InChI is InChI=1S/C27H29F2N7O2/c1-5-17-16-11-20(23-18(28)7-6-8-19(23)29)32-34-24(16)27(4,26(17,2)3)22-9-10-30-25(31-22)21-13-36(35-33-21)12-15(38)14-37/h6-11,13,15,17,37-38H,5,12,14H2,1-4H3/t15-,17-,27-/m0/s1. The Morgan fingerprint density at radius 3 is 2.47 bits per heavy atom. The van der Waals surface area contributed by atoms with Gasteiger partial charge in [-0.15, -0.1) is 10.2 Å². The highest BCUT2D eigenvalue weighted by Crippen LogP contribution is 2.61. The molecule has 9 nitrogen and oxygen atoms in total. The minimum Gasteiger partial charge on any atom is -0.394 e. The van der Waals surface area contributed by atoms with E-state index in [9.17, 15) is 13.9 Å². The van der Waals surface area contributed by atoms with Gasteiger partial charge < -0.3 is 10.2 Å². The first kappa shape index (κ1) is 25.9. The van der Waals surface area contributed by atoms with Crippen molar-refractivity contribution in [2.24, 2.45) is 5.41 Å². The Labute approximate surface area is 218 Å². The lowest BCUT2D eigenvalue weighted by molar-refractivity contribution is 0.0778. The molecule has 0 spiro atoms. The molecule has 11 heteroatoms. The van der Waals surface area contributed by atoms with Crippen LogP contribution < -0.4 is 0 Å². The first-order valence-electron chi connectivity index (χ1n) is 12.5. The molecule has 0 saturated carbocycles. The number of halogens is 2. The van der Waals surface area contributed by atoms with Crippen LogP contribution in [0, 0.1) is 17.0 Å². The van der Waals surface area contributed by atoms with Crippen LogP contribution in [0.5, 0.6) is 0 Å². The number of aromatic nitrogens is 7. The highest BCUT2D eigenvalue weighted by atomic mass is 19.1. The molecular weight excluding hydrogens is 492 g/mol. The first-order chi connectivity index (χ1) is 18.1. The third-order valence-electron chi connectivity index (χ3n) is 8.00. The van der Waals surface area contributed by atoms with Crippen molar-refractivity contribution in [3.05, 3.63) is 71.3 Å². The molecule has 3 aromatic heterocycles. The molecule has 0 bridgehead atoms. The van der Waals surface area contributed by atoms with Crippen LogP contribution in [-0.4, -0.2) is 58.1 Å². The number of hydrogen-bond donors (Lipinski definition) is 2. The summed E-state index contributed by atoms with van der Waals surface area (Å²) in [6.45, 7) is 8.11. The number of aliphatic hydroxyl groups is 2. The van der Waals surface area contributed by atoms with Gasteiger partial charge in [-0.25, -0.2) is 23.4 Å². The zero-order valence-electron chi connectivity index (χ0n) is 21.6. The number of rotatable bonds is 7. The van der Waals surface area contributed by atoms with Gasteiger partial charge in [0.2, 0.25) is 0 Å². The second kappa shape index (κ2) is 9.55. The van der Waals surface area contributed by atoms with Gasteiger partial charge in [-0.05, 0) is 54.5 Å². The molecule has 0 fully saturated rings. The average molecular weight is 522 g/mol. The van der Waals surface area contributed by atoms with Gasteiger partial charge in [0.05, 0.1) is 53.5 Å². The molecule has 5 rings (SSSR count). The maximum atomic E-state index is 14.6. The molecule has 0 aliphatic heterocycles. The Morgan fingerprint density at radius 1 is 1.05 bits per heavy atom. The van der Waals surface area contributed by atoms with Crippen LogP contribution in [0.2, 0.25) is 0 Å². The fourth-order valence-electron chi connectivity index (χ4n) is 5.67. The van der Waals surface area contributed by atoms with Crippen molar-refractivity contribution in [3.8, 4) is 22.8 Å². The molecule has 198 valence electrons. The van der Waals surface area contributed by atoms with Crippen LogP contribution in [0.15, 0.2) is 42.7 Å². The van der Waals surface area contributed by atoms with E-state index in [1.807, 2.05) is 6.07 Å². The summed E-state index contributed by atoms with van der Waals surface area (Å²) < 4.78 is 30.6. The molecule has 0 unspecified atom stereocenters. The molecule has 3 heterocycles. The van der Waals surface area contributed by atoms with Crippen LogP contribution in [0.3, 0.4) is 0 Å². The molecule has 1 aromatic carbocycles. The van der Waals surface area contributed by atoms with E-state index in [1.165, 1.54) is 22.9 Å². The van der Waals surface area contributed by atoms with Crippen LogP contribution >= 0.6 is 0 Å². The van der Waals surface area contributed by atoms with E-state index < -0.39 is 23.2 Å². The Bertz CT molecular complexity index is 1470. The molecule has 4 aromatic rings. The third-order valence-corrected chi connectivity index (χ3v) is 8.00. The van der Waals surface area contributed by atoms with E-state index in [4.69, 9.17) is 10.1 Å². The van der Waals surface area contributed by atoms with Crippen LogP contribution in [0.1, 0.15) is 57.0 Å². The lowest BCUT2D eigenvalue weighted by Crippen LogP contribution is -2.40. The summed E-state index contributed by atoms with van der Waals surface area (Å²) in [5, 5.41) is 35.8. The van der Waals surface area contributed by atoms with Crippen molar-refractivity contribution in [1.29, 1.82) is 0 Å². The highest BCUT2D eigenvalue weighted by Gasteiger charge is 2.57. The van der Waals surface area contributed by atoms with E-state index in [0.29, 0.717) is 22.9 Å². The second-order valence-electron chi connectivity index (χ2n) is 10.4. The fraction of sp³-hybridized carbons (Fsp3) is 0.407. The minimum absolute atomic E-state index is 0.0193. The lowest BCUT2D eigenvalue weighted by atomic mass is 9.62. The molecule has 1 aliphatic carbocycles. The van der Waals surface area contributed by atoms with Crippen molar-refractivity contribution >= 4 is 0 Å². The largest absolute Gasteiger partial charge is 0.394 e. The molecule has 0 saturated heterocycles. The lowest BCUT2D eigenvalue weighted by Gasteiger charge is -2.41. The van der Waals surface area contributed by atoms with Crippen LogP contribution in [0.4, 0.5) is 8.78 Å². The fourth-order valence-corrected chi connectivity index (χ4v) is 5.67.